The molecule has 0 fully saturated rings. The fourth-order valence-corrected chi connectivity index (χ4v) is 4.71. The van der Waals surface area contributed by atoms with Crippen molar-refractivity contribution in [1.29, 1.82) is 0 Å². The van der Waals surface area contributed by atoms with Crippen LogP contribution in [0.3, 0.4) is 0 Å². The first-order chi connectivity index (χ1) is 20.6. The molecule has 0 saturated heterocycles. The van der Waals surface area contributed by atoms with Gasteiger partial charge in [-0.05, 0) is 37.5 Å². The first-order valence-corrected chi connectivity index (χ1v) is 14.1. The van der Waals surface area contributed by atoms with Crippen LogP contribution in [0.1, 0.15) is 43.9 Å². The molecule has 0 unspecified atom stereocenters. The van der Waals surface area contributed by atoms with Crippen molar-refractivity contribution < 1.29 is 19.1 Å². The van der Waals surface area contributed by atoms with Gasteiger partial charge in [0.15, 0.2) is 0 Å². The van der Waals surface area contributed by atoms with Gasteiger partial charge in [0.1, 0.15) is 30.1 Å². The minimum absolute atomic E-state index is 0.0213. The van der Waals surface area contributed by atoms with Gasteiger partial charge in [0, 0.05) is 12.6 Å². The van der Waals surface area contributed by atoms with Crippen molar-refractivity contribution >= 4 is 29.4 Å². The Labute approximate surface area is 251 Å². The number of ether oxygens (including phenoxy) is 1. The van der Waals surface area contributed by atoms with Crippen LogP contribution < -0.4 is 21.3 Å². The molecule has 1 heterocycles. The highest BCUT2D eigenvalue weighted by Crippen LogP contribution is 2.41. The molecule has 43 heavy (non-hydrogen) atoms. The maximum Gasteiger partial charge on any atom is 0.407 e. The molecule has 10 nitrogen and oxygen atoms in total. The van der Waals surface area contributed by atoms with Crippen molar-refractivity contribution in [2.75, 3.05) is 23.8 Å². The summed E-state index contributed by atoms with van der Waals surface area (Å²) in [6.45, 7) is 5.57. The molecule has 0 aliphatic heterocycles. The number of nitrogens with zero attached hydrogens (tertiary/aromatic N) is 2. The third-order valence-electron chi connectivity index (χ3n) is 6.59. The Morgan fingerprint density at radius 3 is 1.79 bits per heavy atom. The van der Waals surface area contributed by atoms with Gasteiger partial charge in [-0.25, -0.2) is 4.79 Å². The Kier molecular flexibility index (Phi) is 9.82. The average molecular weight is 583 g/mol. The molecule has 0 atom stereocenters. The molecule has 0 radical (unpaired) electrons. The number of hydrogen-bond acceptors (Lipinski definition) is 6. The summed E-state index contributed by atoms with van der Waals surface area (Å²) in [5.74, 6) is -0.448. The minimum atomic E-state index is -0.840. The monoisotopic (exact) mass is 582 g/mol. The lowest BCUT2D eigenvalue weighted by Gasteiger charge is -2.38. The molecule has 1 aromatic heterocycles. The van der Waals surface area contributed by atoms with E-state index in [-0.39, 0.29) is 13.2 Å². The van der Waals surface area contributed by atoms with E-state index < -0.39 is 35.4 Å². The van der Waals surface area contributed by atoms with Crippen molar-refractivity contribution in [2.24, 2.45) is 7.05 Å². The number of anilines is 2. The van der Waals surface area contributed by atoms with E-state index in [0.717, 1.165) is 16.7 Å². The minimum Gasteiger partial charge on any atom is -0.448 e. The number of rotatable bonds is 11. The average Bonchev–Trinajstić information content (AvgIpc) is 3.32. The molecule has 4 rings (SSSR count). The van der Waals surface area contributed by atoms with E-state index in [1.165, 1.54) is 0 Å². The maximum absolute atomic E-state index is 12.9. The highest BCUT2D eigenvalue weighted by Gasteiger charge is 2.38. The predicted molar refractivity (Wildman–Crippen MR) is 167 cm³/mol. The first-order valence-electron chi connectivity index (χ1n) is 14.1. The van der Waals surface area contributed by atoms with E-state index in [1.54, 1.807) is 17.9 Å². The molecular formula is C33H38N6O4. The first kappa shape index (κ1) is 30.8. The number of benzene rings is 3. The van der Waals surface area contributed by atoms with Gasteiger partial charge in [0.25, 0.3) is 0 Å². The van der Waals surface area contributed by atoms with Crippen LogP contribution in [0.25, 0.3) is 0 Å². The summed E-state index contributed by atoms with van der Waals surface area (Å²) < 4.78 is 6.71. The van der Waals surface area contributed by atoms with E-state index in [2.05, 4.69) is 62.8 Å². The Morgan fingerprint density at radius 1 is 0.791 bits per heavy atom. The summed E-state index contributed by atoms with van der Waals surface area (Å²) in [6.07, 6.45) is 0.559. The summed E-state index contributed by atoms with van der Waals surface area (Å²) in [5.41, 5.74) is 2.13. The van der Waals surface area contributed by atoms with Crippen molar-refractivity contribution in [3.63, 3.8) is 0 Å². The Morgan fingerprint density at radius 2 is 1.30 bits per heavy atom. The van der Waals surface area contributed by atoms with Gasteiger partial charge in [-0.2, -0.15) is 5.10 Å². The second-order valence-electron chi connectivity index (χ2n) is 11.1. The molecule has 4 N–H and O–H groups in total. The summed E-state index contributed by atoms with van der Waals surface area (Å²) in [7, 11) is 1.78. The number of amides is 3. The third kappa shape index (κ3) is 8.00. The lowest BCUT2D eigenvalue weighted by atomic mass is 9.77. The van der Waals surface area contributed by atoms with Crippen LogP contribution in [0.2, 0.25) is 0 Å². The quantitative estimate of drug-likeness (QED) is 0.114. The standard InChI is InChI=1S/C33H38N6O4/c1-32(2,3)38-31(42)43-21-20-34-28(40)22-29(41)36-27-23-35-39(4)30(27)37-33(24-14-8-5-9-15-24,25-16-10-6-11-17-25)26-18-12-7-13-19-26/h5-19,23,37H,20-22H2,1-4H3,(H,34,40)(H,36,41)(H,38,42). The topological polar surface area (TPSA) is 126 Å². The van der Waals surface area contributed by atoms with Crippen LogP contribution in [0, 0.1) is 0 Å². The maximum atomic E-state index is 12.9. The van der Waals surface area contributed by atoms with Crippen molar-refractivity contribution in [2.45, 2.75) is 38.3 Å². The van der Waals surface area contributed by atoms with Crippen molar-refractivity contribution in [3.8, 4) is 0 Å². The molecule has 10 heteroatoms. The largest absolute Gasteiger partial charge is 0.448 e. The van der Waals surface area contributed by atoms with Crippen LogP contribution in [0.4, 0.5) is 16.3 Å². The Bertz CT molecular complexity index is 1420. The number of aryl methyl sites for hydroxylation is 1. The summed E-state index contributed by atoms with van der Waals surface area (Å²) in [4.78, 5) is 37.1. The molecule has 0 spiro atoms. The van der Waals surface area contributed by atoms with Crippen LogP contribution >= 0.6 is 0 Å². The fraction of sp³-hybridized carbons (Fsp3) is 0.273. The summed E-state index contributed by atoms with van der Waals surface area (Å²) in [6, 6.07) is 30.2. The molecule has 0 aliphatic rings. The number of aromatic nitrogens is 2. The third-order valence-corrected chi connectivity index (χ3v) is 6.59. The molecule has 0 bridgehead atoms. The zero-order valence-corrected chi connectivity index (χ0v) is 24.9. The second kappa shape index (κ2) is 13.7. The highest BCUT2D eigenvalue weighted by molar-refractivity contribution is 6.04. The number of nitrogens with one attached hydrogen (secondary N) is 4. The Hall–Kier alpha value is -5.12. The lowest BCUT2D eigenvalue weighted by Crippen LogP contribution is -2.41. The SMILES string of the molecule is Cn1ncc(NC(=O)CC(=O)NCCOC(=O)NC(C)(C)C)c1NC(c1ccccc1)(c1ccccc1)c1ccccc1. The van der Waals surface area contributed by atoms with Gasteiger partial charge in [-0.1, -0.05) is 91.0 Å². The van der Waals surface area contributed by atoms with Crippen LogP contribution in [-0.2, 0) is 26.9 Å². The molecule has 4 aromatic rings. The number of carbonyl (C=O) groups is 3. The van der Waals surface area contributed by atoms with Crippen LogP contribution in [-0.4, -0.2) is 46.4 Å². The normalized spacial score (nSPS) is 11.3. The van der Waals surface area contributed by atoms with Crippen LogP contribution in [0.15, 0.2) is 97.2 Å². The van der Waals surface area contributed by atoms with Gasteiger partial charge in [0.05, 0.1) is 12.7 Å². The zero-order valence-electron chi connectivity index (χ0n) is 24.9. The molecular weight excluding hydrogens is 544 g/mol. The van der Waals surface area contributed by atoms with E-state index in [1.807, 2.05) is 75.4 Å². The number of alkyl carbamates (subject to hydrolysis) is 1. The summed E-state index contributed by atoms with van der Waals surface area (Å²) >= 11 is 0. The molecule has 0 saturated carbocycles. The van der Waals surface area contributed by atoms with E-state index in [9.17, 15) is 14.4 Å². The zero-order chi connectivity index (χ0) is 30.9. The number of carbonyl (C=O) groups excluding carboxylic acids is 3. The van der Waals surface area contributed by atoms with Crippen molar-refractivity contribution in [3.05, 3.63) is 114 Å². The smallest absolute Gasteiger partial charge is 0.407 e. The van der Waals surface area contributed by atoms with Gasteiger partial charge in [-0.15, -0.1) is 0 Å². The van der Waals surface area contributed by atoms with E-state index in [4.69, 9.17) is 4.74 Å². The van der Waals surface area contributed by atoms with E-state index >= 15 is 0 Å². The lowest BCUT2D eigenvalue weighted by molar-refractivity contribution is -0.126. The molecule has 3 amide bonds. The van der Waals surface area contributed by atoms with Gasteiger partial charge in [-0.3, -0.25) is 14.3 Å². The van der Waals surface area contributed by atoms with Gasteiger partial charge < -0.3 is 26.0 Å². The highest BCUT2D eigenvalue weighted by atomic mass is 16.5. The Balaban J connectivity index is 1.52. The van der Waals surface area contributed by atoms with Crippen molar-refractivity contribution in [1.82, 2.24) is 20.4 Å². The van der Waals surface area contributed by atoms with Gasteiger partial charge >= 0.3 is 6.09 Å². The fourth-order valence-electron chi connectivity index (χ4n) is 4.71. The second-order valence-corrected chi connectivity index (χ2v) is 11.1. The molecule has 3 aromatic carbocycles. The number of hydrogen-bond donors (Lipinski definition) is 4. The summed E-state index contributed by atoms with van der Waals surface area (Å²) in [5, 5.41) is 16.2. The van der Waals surface area contributed by atoms with E-state index in [0.29, 0.717) is 11.5 Å². The predicted octanol–water partition coefficient (Wildman–Crippen LogP) is 4.79. The molecule has 0 aliphatic carbocycles. The molecule has 224 valence electrons. The van der Waals surface area contributed by atoms with Gasteiger partial charge in [0.2, 0.25) is 11.8 Å². The van der Waals surface area contributed by atoms with Crippen LogP contribution in [0.5, 0.6) is 0 Å².